The number of ether oxygens (including phenoxy) is 1. The minimum atomic E-state index is -0.527. The highest BCUT2D eigenvalue weighted by Crippen LogP contribution is 2.19. The van der Waals surface area contributed by atoms with Crippen molar-refractivity contribution in [3.05, 3.63) is 0 Å². The van der Waals surface area contributed by atoms with E-state index in [9.17, 15) is 14.4 Å². The van der Waals surface area contributed by atoms with Crippen LogP contribution in [0.5, 0.6) is 0 Å². The molecule has 114 valence electrons. The van der Waals surface area contributed by atoms with Gasteiger partial charge in [0.1, 0.15) is 0 Å². The number of esters is 1. The lowest BCUT2D eigenvalue weighted by Gasteiger charge is -2.34. The van der Waals surface area contributed by atoms with Crippen LogP contribution in [0.15, 0.2) is 0 Å². The number of likely N-dealkylation sites (tertiary alicyclic amines) is 1. The summed E-state index contributed by atoms with van der Waals surface area (Å²) in [6.45, 7) is 5.09. The molecule has 0 radical (unpaired) electrons. The SMILES string of the molecule is CCOC(=O)[C@@H]1CCCN([C@H](C)C(=O)NC(=O)NC)C1. The van der Waals surface area contributed by atoms with E-state index in [1.165, 1.54) is 7.05 Å². The van der Waals surface area contributed by atoms with Crippen LogP contribution in [0.25, 0.3) is 0 Å². The Balaban J connectivity index is 2.55. The minimum absolute atomic E-state index is 0.195. The van der Waals surface area contributed by atoms with E-state index in [1.807, 2.05) is 4.90 Å². The number of amides is 3. The Morgan fingerprint density at radius 1 is 1.40 bits per heavy atom. The van der Waals surface area contributed by atoms with Gasteiger partial charge in [-0.1, -0.05) is 0 Å². The molecule has 1 fully saturated rings. The van der Waals surface area contributed by atoms with Crippen LogP contribution in [0, 0.1) is 5.92 Å². The monoisotopic (exact) mass is 285 g/mol. The van der Waals surface area contributed by atoms with Crippen molar-refractivity contribution in [2.75, 3.05) is 26.7 Å². The van der Waals surface area contributed by atoms with Gasteiger partial charge < -0.3 is 10.1 Å². The minimum Gasteiger partial charge on any atom is -0.466 e. The Labute approximate surface area is 119 Å². The molecule has 1 aliphatic rings. The molecular weight excluding hydrogens is 262 g/mol. The quantitative estimate of drug-likeness (QED) is 0.716. The number of carbonyl (C=O) groups excluding carboxylic acids is 3. The summed E-state index contributed by atoms with van der Waals surface area (Å²) < 4.78 is 5.02. The lowest BCUT2D eigenvalue weighted by Crippen LogP contribution is -2.52. The summed E-state index contributed by atoms with van der Waals surface area (Å²) in [5.74, 6) is -0.774. The van der Waals surface area contributed by atoms with Gasteiger partial charge in [0.05, 0.1) is 18.6 Å². The van der Waals surface area contributed by atoms with E-state index in [1.54, 1.807) is 13.8 Å². The van der Waals surface area contributed by atoms with Crippen LogP contribution < -0.4 is 10.6 Å². The maximum atomic E-state index is 11.9. The molecule has 7 heteroatoms. The van der Waals surface area contributed by atoms with Crippen molar-refractivity contribution in [3.63, 3.8) is 0 Å². The van der Waals surface area contributed by atoms with Crippen LogP contribution in [-0.2, 0) is 14.3 Å². The molecule has 0 aliphatic carbocycles. The first-order chi connectivity index (χ1) is 9.49. The molecular formula is C13H23N3O4. The molecule has 0 aromatic heterocycles. The maximum Gasteiger partial charge on any atom is 0.321 e. The Kier molecular flexibility index (Phi) is 6.44. The van der Waals surface area contributed by atoms with Crippen molar-refractivity contribution < 1.29 is 19.1 Å². The molecule has 0 saturated carbocycles. The number of urea groups is 1. The van der Waals surface area contributed by atoms with Crippen LogP contribution in [0.1, 0.15) is 26.7 Å². The lowest BCUT2D eigenvalue weighted by molar-refractivity contribution is -0.151. The lowest BCUT2D eigenvalue weighted by atomic mass is 9.97. The first kappa shape index (κ1) is 16.4. The van der Waals surface area contributed by atoms with Gasteiger partial charge in [-0.15, -0.1) is 0 Å². The van der Waals surface area contributed by atoms with Crippen molar-refractivity contribution in [3.8, 4) is 0 Å². The predicted molar refractivity (Wildman–Crippen MR) is 73.0 cm³/mol. The van der Waals surface area contributed by atoms with E-state index in [2.05, 4.69) is 10.6 Å². The van der Waals surface area contributed by atoms with E-state index in [4.69, 9.17) is 4.74 Å². The van der Waals surface area contributed by atoms with Gasteiger partial charge in [0.15, 0.2) is 0 Å². The highest BCUT2D eigenvalue weighted by atomic mass is 16.5. The highest BCUT2D eigenvalue weighted by molar-refractivity contribution is 5.96. The summed E-state index contributed by atoms with van der Waals surface area (Å²) >= 11 is 0. The zero-order valence-corrected chi connectivity index (χ0v) is 12.3. The smallest absolute Gasteiger partial charge is 0.321 e. The zero-order valence-electron chi connectivity index (χ0n) is 12.3. The zero-order chi connectivity index (χ0) is 15.1. The van der Waals surface area contributed by atoms with Crippen molar-refractivity contribution in [2.45, 2.75) is 32.7 Å². The first-order valence-electron chi connectivity index (χ1n) is 6.92. The maximum absolute atomic E-state index is 11.9. The molecule has 0 aromatic carbocycles. The van der Waals surface area contributed by atoms with Gasteiger partial charge in [0.2, 0.25) is 5.91 Å². The summed E-state index contributed by atoms with van der Waals surface area (Å²) in [6.07, 6.45) is 1.61. The fraction of sp³-hybridized carbons (Fsp3) is 0.769. The Hall–Kier alpha value is -1.63. The van der Waals surface area contributed by atoms with Gasteiger partial charge in [0, 0.05) is 13.6 Å². The largest absolute Gasteiger partial charge is 0.466 e. The molecule has 2 N–H and O–H groups in total. The standard InChI is InChI=1S/C13H23N3O4/c1-4-20-12(18)10-6-5-7-16(8-10)9(2)11(17)15-13(19)14-3/h9-10H,4-8H2,1-3H3,(H2,14,15,17,19)/t9-,10-/m1/s1. The summed E-state index contributed by atoms with van der Waals surface area (Å²) in [5, 5.41) is 4.58. The second-order valence-corrected chi connectivity index (χ2v) is 4.83. The van der Waals surface area contributed by atoms with E-state index in [0.717, 1.165) is 19.4 Å². The number of hydrogen-bond acceptors (Lipinski definition) is 5. The summed E-state index contributed by atoms with van der Waals surface area (Å²) in [7, 11) is 1.45. The van der Waals surface area contributed by atoms with Crippen LogP contribution >= 0.6 is 0 Å². The number of imide groups is 1. The van der Waals surface area contributed by atoms with Crippen molar-refractivity contribution in [1.29, 1.82) is 0 Å². The van der Waals surface area contributed by atoms with Gasteiger partial charge >= 0.3 is 12.0 Å². The number of piperidine rings is 1. The van der Waals surface area contributed by atoms with Crippen molar-refractivity contribution >= 4 is 17.9 Å². The molecule has 0 spiro atoms. The molecule has 20 heavy (non-hydrogen) atoms. The number of nitrogens with zero attached hydrogens (tertiary/aromatic N) is 1. The van der Waals surface area contributed by atoms with Gasteiger partial charge in [-0.05, 0) is 33.2 Å². The van der Waals surface area contributed by atoms with E-state index in [0.29, 0.717) is 13.2 Å². The Bertz CT molecular complexity index is 373. The fourth-order valence-electron chi connectivity index (χ4n) is 2.26. The van der Waals surface area contributed by atoms with Crippen LogP contribution in [0.3, 0.4) is 0 Å². The van der Waals surface area contributed by atoms with Crippen molar-refractivity contribution in [1.82, 2.24) is 15.5 Å². The third kappa shape index (κ3) is 4.48. The molecule has 0 aromatic rings. The third-order valence-corrected chi connectivity index (χ3v) is 3.46. The molecule has 2 atom stereocenters. The Morgan fingerprint density at radius 3 is 2.70 bits per heavy atom. The van der Waals surface area contributed by atoms with Crippen LogP contribution in [0.2, 0.25) is 0 Å². The van der Waals surface area contributed by atoms with Crippen LogP contribution in [0.4, 0.5) is 4.79 Å². The fourth-order valence-corrected chi connectivity index (χ4v) is 2.26. The second kappa shape index (κ2) is 7.84. The van der Waals surface area contributed by atoms with Gasteiger partial charge in [-0.25, -0.2) is 4.79 Å². The van der Waals surface area contributed by atoms with Gasteiger partial charge in [-0.3, -0.25) is 19.8 Å². The molecule has 0 bridgehead atoms. The third-order valence-electron chi connectivity index (χ3n) is 3.46. The van der Waals surface area contributed by atoms with Crippen molar-refractivity contribution in [2.24, 2.45) is 5.92 Å². The second-order valence-electron chi connectivity index (χ2n) is 4.83. The molecule has 1 rings (SSSR count). The Morgan fingerprint density at radius 2 is 2.10 bits per heavy atom. The molecule has 7 nitrogen and oxygen atoms in total. The molecule has 3 amide bonds. The highest BCUT2D eigenvalue weighted by Gasteiger charge is 2.31. The molecule has 1 heterocycles. The predicted octanol–water partition coefficient (Wildman–Crippen LogP) is 0.106. The average Bonchev–Trinajstić information content (AvgIpc) is 2.46. The van der Waals surface area contributed by atoms with E-state index >= 15 is 0 Å². The summed E-state index contributed by atoms with van der Waals surface area (Å²) in [5.41, 5.74) is 0. The molecule has 0 unspecified atom stereocenters. The van der Waals surface area contributed by atoms with E-state index < -0.39 is 12.1 Å². The van der Waals surface area contributed by atoms with Crippen LogP contribution in [-0.4, -0.2) is 55.6 Å². The normalized spacial score (nSPS) is 20.9. The number of carbonyl (C=O) groups is 3. The topological polar surface area (TPSA) is 87.7 Å². The molecule has 1 aliphatic heterocycles. The average molecular weight is 285 g/mol. The molecule has 1 saturated heterocycles. The van der Waals surface area contributed by atoms with E-state index in [-0.39, 0.29) is 17.8 Å². The van der Waals surface area contributed by atoms with Gasteiger partial charge in [-0.2, -0.15) is 0 Å². The number of hydrogen-bond donors (Lipinski definition) is 2. The number of rotatable bonds is 4. The van der Waals surface area contributed by atoms with Gasteiger partial charge in [0.25, 0.3) is 0 Å². The number of nitrogens with one attached hydrogen (secondary N) is 2. The summed E-state index contributed by atoms with van der Waals surface area (Å²) in [6, 6.07) is -0.981. The summed E-state index contributed by atoms with van der Waals surface area (Å²) in [4.78, 5) is 36.7. The first-order valence-corrected chi connectivity index (χ1v) is 6.92.